The third kappa shape index (κ3) is 5.35. The molecule has 1 N–H and O–H groups in total. The van der Waals surface area contributed by atoms with E-state index in [0.29, 0.717) is 29.5 Å². The SMILES string of the molecule is CCOc1ccc(NC(=O)c2ccc(Oc3nccnc3N3CCC(C)CC3)cc2)cc1. The fraction of sp³-hybridized carbons (Fsp3) is 0.320. The van der Waals surface area contributed by atoms with Gasteiger partial charge in [0.1, 0.15) is 11.5 Å². The van der Waals surface area contributed by atoms with Gasteiger partial charge in [0.15, 0.2) is 5.82 Å². The Morgan fingerprint density at radius 2 is 1.66 bits per heavy atom. The molecule has 1 amide bonds. The van der Waals surface area contributed by atoms with E-state index in [4.69, 9.17) is 9.47 Å². The van der Waals surface area contributed by atoms with Gasteiger partial charge in [-0.05, 0) is 74.2 Å². The molecule has 7 nitrogen and oxygen atoms in total. The fourth-order valence-corrected chi connectivity index (χ4v) is 3.62. The molecule has 2 heterocycles. The molecule has 0 aliphatic carbocycles. The topological polar surface area (TPSA) is 76.6 Å². The number of piperidine rings is 1. The van der Waals surface area contributed by atoms with Crippen molar-refractivity contribution in [3.8, 4) is 17.4 Å². The van der Waals surface area contributed by atoms with Crippen LogP contribution in [-0.2, 0) is 0 Å². The molecule has 0 atom stereocenters. The molecule has 1 aliphatic heterocycles. The first kappa shape index (κ1) is 21.6. The van der Waals surface area contributed by atoms with Crippen molar-refractivity contribution < 1.29 is 14.3 Å². The average molecular weight is 433 g/mol. The Morgan fingerprint density at radius 1 is 1.00 bits per heavy atom. The average Bonchev–Trinajstić information content (AvgIpc) is 2.82. The van der Waals surface area contributed by atoms with Crippen molar-refractivity contribution in [2.45, 2.75) is 26.7 Å². The molecule has 166 valence electrons. The fourth-order valence-electron chi connectivity index (χ4n) is 3.62. The van der Waals surface area contributed by atoms with E-state index >= 15 is 0 Å². The summed E-state index contributed by atoms with van der Waals surface area (Å²) in [5.74, 6) is 3.16. The third-order valence-corrected chi connectivity index (χ3v) is 5.48. The van der Waals surface area contributed by atoms with Gasteiger partial charge in [-0.3, -0.25) is 4.79 Å². The van der Waals surface area contributed by atoms with Gasteiger partial charge in [-0.25, -0.2) is 9.97 Å². The molecule has 0 unspecified atom stereocenters. The smallest absolute Gasteiger partial charge is 0.263 e. The van der Waals surface area contributed by atoms with Crippen molar-refractivity contribution in [3.05, 3.63) is 66.5 Å². The van der Waals surface area contributed by atoms with Gasteiger partial charge in [0.2, 0.25) is 0 Å². The number of amides is 1. The molecule has 1 saturated heterocycles. The Balaban J connectivity index is 1.40. The maximum absolute atomic E-state index is 12.6. The highest BCUT2D eigenvalue weighted by Crippen LogP contribution is 2.31. The van der Waals surface area contributed by atoms with Gasteiger partial charge in [-0.2, -0.15) is 0 Å². The van der Waals surface area contributed by atoms with Crippen LogP contribution < -0.4 is 19.7 Å². The molecule has 4 rings (SSSR count). The van der Waals surface area contributed by atoms with Crippen molar-refractivity contribution in [1.29, 1.82) is 0 Å². The molecule has 0 saturated carbocycles. The predicted molar refractivity (Wildman–Crippen MR) is 125 cm³/mol. The van der Waals surface area contributed by atoms with Crippen LogP contribution in [0.2, 0.25) is 0 Å². The van der Waals surface area contributed by atoms with Crippen molar-refractivity contribution in [2.75, 3.05) is 29.9 Å². The highest BCUT2D eigenvalue weighted by molar-refractivity contribution is 6.04. The number of rotatable bonds is 7. The van der Waals surface area contributed by atoms with Gasteiger partial charge in [-0.1, -0.05) is 6.92 Å². The maximum Gasteiger partial charge on any atom is 0.263 e. The molecule has 7 heteroatoms. The number of carbonyl (C=O) groups is 1. The molecular formula is C25H28N4O3. The van der Waals surface area contributed by atoms with E-state index in [1.165, 1.54) is 0 Å². The highest BCUT2D eigenvalue weighted by atomic mass is 16.5. The first-order valence-corrected chi connectivity index (χ1v) is 11.0. The van der Waals surface area contributed by atoms with Gasteiger partial charge in [0, 0.05) is 36.7 Å². The van der Waals surface area contributed by atoms with E-state index in [-0.39, 0.29) is 5.91 Å². The maximum atomic E-state index is 12.6. The van der Waals surface area contributed by atoms with Crippen LogP contribution in [0.3, 0.4) is 0 Å². The third-order valence-electron chi connectivity index (χ3n) is 5.48. The first-order valence-electron chi connectivity index (χ1n) is 11.0. The van der Waals surface area contributed by atoms with Gasteiger partial charge in [0.05, 0.1) is 6.61 Å². The summed E-state index contributed by atoms with van der Waals surface area (Å²) >= 11 is 0. The van der Waals surface area contributed by atoms with E-state index < -0.39 is 0 Å². The van der Waals surface area contributed by atoms with Crippen LogP contribution in [0.4, 0.5) is 11.5 Å². The summed E-state index contributed by atoms with van der Waals surface area (Å²) in [6.45, 7) is 6.70. The van der Waals surface area contributed by atoms with Crippen LogP contribution in [0.25, 0.3) is 0 Å². The Bertz CT molecular complexity index is 1030. The van der Waals surface area contributed by atoms with Crippen molar-refractivity contribution in [1.82, 2.24) is 9.97 Å². The lowest BCUT2D eigenvalue weighted by Gasteiger charge is -2.31. The Hall–Kier alpha value is -3.61. The number of hydrogen-bond acceptors (Lipinski definition) is 6. The standard InChI is InChI=1S/C25H28N4O3/c1-3-31-21-10-6-20(7-11-21)28-24(30)19-4-8-22(9-5-19)32-25-23(26-14-15-27-25)29-16-12-18(2)13-17-29/h4-11,14-15,18H,3,12-13,16-17H2,1-2H3,(H,28,30). The lowest BCUT2D eigenvalue weighted by atomic mass is 9.99. The van der Waals surface area contributed by atoms with Crippen molar-refractivity contribution in [2.24, 2.45) is 5.92 Å². The normalized spacial score (nSPS) is 14.1. The number of anilines is 2. The Kier molecular flexibility index (Phi) is 6.84. The molecule has 0 spiro atoms. The summed E-state index contributed by atoms with van der Waals surface area (Å²) in [6.07, 6.45) is 5.58. The lowest BCUT2D eigenvalue weighted by Crippen LogP contribution is -2.33. The zero-order chi connectivity index (χ0) is 22.3. The molecular weight excluding hydrogens is 404 g/mol. The van der Waals surface area contributed by atoms with E-state index in [9.17, 15) is 4.79 Å². The zero-order valence-electron chi connectivity index (χ0n) is 18.5. The summed E-state index contributed by atoms with van der Waals surface area (Å²) in [4.78, 5) is 23.7. The molecule has 0 bridgehead atoms. The quantitative estimate of drug-likeness (QED) is 0.556. The number of nitrogens with one attached hydrogen (secondary N) is 1. The number of nitrogens with zero attached hydrogens (tertiary/aromatic N) is 3. The number of hydrogen-bond donors (Lipinski definition) is 1. The molecule has 1 fully saturated rings. The van der Waals surface area contributed by atoms with Gasteiger partial charge in [-0.15, -0.1) is 0 Å². The minimum Gasteiger partial charge on any atom is -0.494 e. The van der Waals surface area contributed by atoms with Crippen molar-refractivity contribution >= 4 is 17.4 Å². The number of benzene rings is 2. The number of aromatic nitrogens is 2. The van der Waals surface area contributed by atoms with E-state index in [1.807, 2.05) is 31.2 Å². The second-order valence-corrected chi connectivity index (χ2v) is 7.89. The summed E-state index contributed by atoms with van der Waals surface area (Å²) in [5.41, 5.74) is 1.24. The molecule has 1 aromatic heterocycles. The molecule has 32 heavy (non-hydrogen) atoms. The van der Waals surface area contributed by atoms with E-state index in [2.05, 4.69) is 27.1 Å². The summed E-state index contributed by atoms with van der Waals surface area (Å²) < 4.78 is 11.4. The van der Waals surface area contributed by atoms with Crippen LogP contribution in [0.1, 0.15) is 37.0 Å². The van der Waals surface area contributed by atoms with Crippen LogP contribution in [0.15, 0.2) is 60.9 Å². The second kappa shape index (κ2) is 10.1. The Labute approximate surface area is 188 Å². The lowest BCUT2D eigenvalue weighted by molar-refractivity contribution is 0.102. The Morgan fingerprint density at radius 3 is 2.34 bits per heavy atom. The molecule has 3 aromatic rings. The van der Waals surface area contributed by atoms with E-state index in [1.54, 1.807) is 36.7 Å². The summed E-state index contributed by atoms with van der Waals surface area (Å²) in [6, 6.07) is 14.3. The van der Waals surface area contributed by atoms with Crippen LogP contribution in [-0.4, -0.2) is 35.6 Å². The minimum atomic E-state index is -0.191. The summed E-state index contributed by atoms with van der Waals surface area (Å²) in [7, 11) is 0. The monoisotopic (exact) mass is 432 g/mol. The summed E-state index contributed by atoms with van der Waals surface area (Å²) in [5, 5.41) is 2.89. The highest BCUT2D eigenvalue weighted by Gasteiger charge is 2.21. The van der Waals surface area contributed by atoms with Crippen LogP contribution in [0.5, 0.6) is 17.4 Å². The number of carbonyl (C=O) groups excluding carboxylic acids is 1. The predicted octanol–water partition coefficient (Wildman–Crippen LogP) is 5.16. The van der Waals surface area contributed by atoms with Crippen LogP contribution >= 0.6 is 0 Å². The zero-order valence-corrected chi connectivity index (χ0v) is 18.5. The molecule has 0 radical (unpaired) electrons. The molecule has 2 aromatic carbocycles. The van der Waals surface area contributed by atoms with Crippen molar-refractivity contribution in [3.63, 3.8) is 0 Å². The van der Waals surface area contributed by atoms with Gasteiger partial charge < -0.3 is 19.7 Å². The van der Waals surface area contributed by atoms with Crippen LogP contribution in [0, 0.1) is 5.92 Å². The van der Waals surface area contributed by atoms with Gasteiger partial charge >= 0.3 is 0 Å². The van der Waals surface area contributed by atoms with E-state index in [0.717, 1.165) is 43.4 Å². The number of ether oxygens (including phenoxy) is 2. The van der Waals surface area contributed by atoms with Gasteiger partial charge in [0.25, 0.3) is 11.8 Å². The minimum absolute atomic E-state index is 0.191. The largest absolute Gasteiger partial charge is 0.494 e. The first-order chi connectivity index (χ1) is 15.6. The second-order valence-electron chi connectivity index (χ2n) is 7.89. The molecule has 1 aliphatic rings.